The second-order valence-electron chi connectivity index (χ2n) is 5.46. The molecule has 0 aromatic rings. The van der Waals surface area contributed by atoms with E-state index in [2.05, 4.69) is 0 Å². The highest BCUT2D eigenvalue weighted by atomic mass is 16.5. The van der Waals surface area contributed by atoms with Gasteiger partial charge in [-0.15, -0.1) is 0 Å². The van der Waals surface area contributed by atoms with Crippen molar-refractivity contribution in [2.24, 2.45) is 0 Å². The first kappa shape index (κ1) is 15.3. The fourth-order valence-electron chi connectivity index (χ4n) is 2.72. The highest BCUT2D eigenvalue weighted by Crippen LogP contribution is 2.18. The molecule has 20 heavy (non-hydrogen) atoms. The summed E-state index contributed by atoms with van der Waals surface area (Å²) in [6.45, 7) is 2.61. The monoisotopic (exact) mass is 285 g/mol. The summed E-state index contributed by atoms with van der Waals surface area (Å²) >= 11 is 0. The average molecular weight is 285 g/mol. The van der Waals surface area contributed by atoms with Crippen LogP contribution in [0.2, 0.25) is 0 Å². The molecule has 114 valence electrons. The van der Waals surface area contributed by atoms with Gasteiger partial charge in [-0.1, -0.05) is 0 Å². The third-order valence-corrected chi connectivity index (χ3v) is 3.80. The van der Waals surface area contributed by atoms with E-state index in [-0.39, 0.29) is 31.0 Å². The molecule has 0 saturated carbocycles. The number of hydrogen-bond acceptors (Lipinski definition) is 4. The maximum absolute atomic E-state index is 12.2. The minimum atomic E-state index is -0.937. The SMILES string of the molecule is O=C(O)CCC(=O)N(CC1CCCO1)CC1CCCO1. The molecule has 0 radical (unpaired) electrons. The topological polar surface area (TPSA) is 76.1 Å². The van der Waals surface area contributed by atoms with Gasteiger partial charge in [0.25, 0.3) is 0 Å². The summed E-state index contributed by atoms with van der Waals surface area (Å²) in [7, 11) is 0. The summed E-state index contributed by atoms with van der Waals surface area (Å²) < 4.78 is 11.1. The Morgan fingerprint density at radius 1 is 1.00 bits per heavy atom. The summed E-state index contributed by atoms with van der Waals surface area (Å²) in [5.74, 6) is -1.05. The summed E-state index contributed by atoms with van der Waals surface area (Å²) in [5, 5.41) is 8.69. The van der Waals surface area contributed by atoms with E-state index in [0.717, 1.165) is 38.9 Å². The minimum absolute atomic E-state index is 0.0504. The Labute approximate surface area is 119 Å². The third kappa shape index (κ3) is 4.76. The van der Waals surface area contributed by atoms with Crippen LogP contribution < -0.4 is 0 Å². The van der Waals surface area contributed by atoms with E-state index in [0.29, 0.717) is 13.1 Å². The van der Waals surface area contributed by atoms with Gasteiger partial charge >= 0.3 is 5.97 Å². The molecule has 2 saturated heterocycles. The second-order valence-corrected chi connectivity index (χ2v) is 5.46. The number of rotatable bonds is 7. The lowest BCUT2D eigenvalue weighted by molar-refractivity contribution is -0.142. The van der Waals surface area contributed by atoms with E-state index in [1.807, 2.05) is 0 Å². The maximum atomic E-state index is 12.2. The number of carboxylic acid groups (broad SMARTS) is 1. The predicted octanol–water partition coefficient (Wildman–Crippen LogP) is 1.04. The number of carbonyl (C=O) groups excluding carboxylic acids is 1. The van der Waals surface area contributed by atoms with Crippen LogP contribution in [0.3, 0.4) is 0 Å². The van der Waals surface area contributed by atoms with E-state index >= 15 is 0 Å². The number of aliphatic carboxylic acids is 1. The Hall–Kier alpha value is -1.14. The molecule has 2 aliphatic heterocycles. The number of hydrogen-bond donors (Lipinski definition) is 1. The van der Waals surface area contributed by atoms with Gasteiger partial charge in [-0.05, 0) is 25.7 Å². The van der Waals surface area contributed by atoms with E-state index in [1.165, 1.54) is 0 Å². The van der Waals surface area contributed by atoms with Crippen LogP contribution in [0, 0.1) is 0 Å². The first-order chi connectivity index (χ1) is 9.65. The van der Waals surface area contributed by atoms with E-state index in [9.17, 15) is 9.59 Å². The molecular weight excluding hydrogens is 262 g/mol. The van der Waals surface area contributed by atoms with Crippen LogP contribution in [0.4, 0.5) is 0 Å². The van der Waals surface area contributed by atoms with Crippen LogP contribution in [0.25, 0.3) is 0 Å². The van der Waals surface area contributed by atoms with Gasteiger partial charge in [0.15, 0.2) is 0 Å². The molecular formula is C14H23NO5. The Balaban J connectivity index is 1.86. The van der Waals surface area contributed by atoms with Crippen molar-refractivity contribution in [1.82, 2.24) is 4.90 Å². The number of amides is 1. The van der Waals surface area contributed by atoms with Gasteiger partial charge in [0.2, 0.25) is 5.91 Å². The zero-order chi connectivity index (χ0) is 14.4. The second kappa shape index (κ2) is 7.59. The molecule has 6 heteroatoms. The number of carboxylic acids is 1. The van der Waals surface area contributed by atoms with Crippen molar-refractivity contribution in [1.29, 1.82) is 0 Å². The highest BCUT2D eigenvalue weighted by molar-refractivity contribution is 5.80. The molecule has 2 fully saturated rings. The fraction of sp³-hybridized carbons (Fsp3) is 0.857. The number of carbonyl (C=O) groups is 2. The van der Waals surface area contributed by atoms with Crippen LogP contribution in [-0.4, -0.2) is 60.4 Å². The molecule has 1 amide bonds. The van der Waals surface area contributed by atoms with Crippen LogP contribution >= 0.6 is 0 Å². The molecule has 1 N–H and O–H groups in total. The molecule has 0 aromatic carbocycles. The Morgan fingerprint density at radius 3 is 1.95 bits per heavy atom. The molecule has 2 atom stereocenters. The van der Waals surface area contributed by atoms with Gasteiger partial charge < -0.3 is 19.5 Å². The van der Waals surface area contributed by atoms with Crippen molar-refractivity contribution in [2.75, 3.05) is 26.3 Å². The van der Waals surface area contributed by atoms with Crippen LogP contribution in [0.5, 0.6) is 0 Å². The van der Waals surface area contributed by atoms with Crippen molar-refractivity contribution >= 4 is 11.9 Å². The molecule has 2 rings (SSSR count). The maximum Gasteiger partial charge on any atom is 0.303 e. The first-order valence-electron chi connectivity index (χ1n) is 7.38. The summed E-state index contributed by atoms with van der Waals surface area (Å²) in [4.78, 5) is 24.5. The van der Waals surface area contributed by atoms with Crippen molar-refractivity contribution < 1.29 is 24.2 Å². The van der Waals surface area contributed by atoms with Crippen LogP contribution in [0.15, 0.2) is 0 Å². The molecule has 0 aliphatic carbocycles. The largest absolute Gasteiger partial charge is 0.481 e. The third-order valence-electron chi connectivity index (χ3n) is 3.80. The fourth-order valence-corrected chi connectivity index (χ4v) is 2.72. The van der Waals surface area contributed by atoms with E-state index < -0.39 is 5.97 Å². The predicted molar refractivity (Wildman–Crippen MR) is 71.4 cm³/mol. The molecule has 6 nitrogen and oxygen atoms in total. The van der Waals surface area contributed by atoms with Crippen LogP contribution in [0.1, 0.15) is 38.5 Å². The Kier molecular flexibility index (Phi) is 5.79. The standard InChI is InChI=1S/C14H23NO5/c16-13(5-6-14(17)18)15(9-11-3-1-7-19-11)10-12-4-2-8-20-12/h11-12H,1-10H2,(H,17,18). The molecule has 2 heterocycles. The minimum Gasteiger partial charge on any atom is -0.481 e. The summed E-state index contributed by atoms with van der Waals surface area (Å²) in [5.41, 5.74) is 0. The highest BCUT2D eigenvalue weighted by Gasteiger charge is 2.26. The van der Waals surface area contributed by atoms with Gasteiger partial charge in [0.1, 0.15) is 0 Å². The lowest BCUT2D eigenvalue weighted by Crippen LogP contribution is -2.42. The zero-order valence-corrected chi connectivity index (χ0v) is 11.8. The summed E-state index contributed by atoms with van der Waals surface area (Å²) in [6.07, 6.45) is 4.10. The quantitative estimate of drug-likeness (QED) is 0.756. The van der Waals surface area contributed by atoms with Crippen molar-refractivity contribution in [3.8, 4) is 0 Å². The van der Waals surface area contributed by atoms with Gasteiger partial charge in [-0.2, -0.15) is 0 Å². The van der Waals surface area contributed by atoms with Crippen molar-refractivity contribution in [3.05, 3.63) is 0 Å². The number of ether oxygens (including phenoxy) is 2. The van der Waals surface area contributed by atoms with Crippen molar-refractivity contribution in [3.63, 3.8) is 0 Å². The number of nitrogens with zero attached hydrogens (tertiary/aromatic N) is 1. The first-order valence-corrected chi connectivity index (χ1v) is 7.38. The molecule has 0 bridgehead atoms. The average Bonchev–Trinajstić information content (AvgIpc) is 3.08. The molecule has 0 spiro atoms. The van der Waals surface area contributed by atoms with Gasteiger partial charge in [0, 0.05) is 32.7 Å². The zero-order valence-electron chi connectivity index (χ0n) is 11.8. The van der Waals surface area contributed by atoms with Gasteiger partial charge in [-0.3, -0.25) is 9.59 Å². The molecule has 2 aliphatic rings. The van der Waals surface area contributed by atoms with Gasteiger partial charge in [0.05, 0.1) is 18.6 Å². The van der Waals surface area contributed by atoms with Crippen molar-refractivity contribution in [2.45, 2.75) is 50.7 Å². The van der Waals surface area contributed by atoms with E-state index in [4.69, 9.17) is 14.6 Å². The Bertz CT molecular complexity index is 316. The van der Waals surface area contributed by atoms with Crippen LogP contribution in [-0.2, 0) is 19.1 Å². The van der Waals surface area contributed by atoms with E-state index in [1.54, 1.807) is 4.90 Å². The smallest absolute Gasteiger partial charge is 0.303 e. The molecule has 2 unspecified atom stereocenters. The normalized spacial score (nSPS) is 25.8. The Morgan fingerprint density at radius 2 is 1.55 bits per heavy atom. The van der Waals surface area contributed by atoms with Gasteiger partial charge in [-0.25, -0.2) is 0 Å². The summed E-state index contributed by atoms with van der Waals surface area (Å²) in [6, 6.07) is 0. The lowest BCUT2D eigenvalue weighted by Gasteiger charge is -2.27. The molecule has 0 aromatic heterocycles. The lowest BCUT2D eigenvalue weighted by atomic mass is 10.1.